The molecule has 3 rings (SSSR count). The average molecular weight is 379 g/mol. The smallest absolute Gasteiger partial charge is 0.439 e. The molecule has 0 radical (unpaired) electrons. The van der Waals surface area contributed by atoms with Crippen molar-refractivity contribution >= 4 is 17.5 Å². The number of thioether (sulfide) groups is 1. The summed E-state index contributed by atoms with van der Waals surface area (Å²) in [7, 11) is 0. The van der Waals surface area contributed by atoms with E-state index in [1.807, 2.05) is 0 Å². The number of Topliss-reactive ketones (excluding diaryl/α,β-unsaturated/α-hetero) is 1. The van der Waals surface area contributed by atoms with E-state index >= 15 is 0 Å². The fourth-order valence-corrected chi connectivity index (χ4v) is 3.08. The summed E-state index contributed by atoms with van der Waals surface area (Å²) in [5, 5.41) is 0. The van der Waals surface area contributed by atoms with Crippen LogP contribution in [0.2, 0.25) is 0 Å². The number of halogens is 6. The Hall–Kier alpha value is -2.23. The van der Waals surface area contributed by atoms with Crippen LogP contribution in [0.5, 0.6) is 11.6 Å². The monoisotopic (exact) mass is 379 g/mol. The van der Waals surface area contributed by atoms with Crippen molar-refractivity contribution in [2.75, 3.05) is 0 Å². The van der Waals surface area contributed by atoms with E-state index in [9.17, 15) is 31.1 Å². The Morgan fingerprint density at radius 1 is 1.16 bits per heavy atom. The number of hydrogen-bond donors (Lipinski definition) is 0. The number of aromatic nitrogens is 1. The van der Waals surface area contributed by atoms with E-state index in [0.29, 0.717) is 0 Å². The Balaban J connectivity index is 2.07. The lowest BCUT2D eigenvalue weighted by molar-refractivity contribution is -0.0328. The van der Waals surface area contributed by atoms with Crippen molar-refractivity contribution in [1.82, 2.24) is 4.98 Å². The van der Waals surface area contributed by atoms with Gasteiger partial charge in [-0.25, -0.2) is 0 Å². The number of ether oxygens (including phenoxy) is 1. The van der Waals surface area contributed by atoms with Gasteiger partial charge in [-0.1, -0.05) is 6.07 Å². The first-order valence-corrected chi connectivity index (χ1v) is 7.53. The van der Waals surface area contributed by atoms with Gasteiger partial charge in [-0.3, -0.25) is 4.79 Å². The fourth-order valence-electron chi connectivity index (χ4n) is 2.38. The zero-order chi connectivity index (χ0) is 18.4. The molecule has 0 aliphatic heterocycles. The molecule has 25 heavy (non-hydrogen) atoms. The lowest BCUT2D eigenvalue weighted by atomic mass is 10.1. The number of fused-ring (bicyclic) bond motifs is 1. The summed E-state index contributed by atoms with van der Waals surface area (Å²) < 4.78 is 83.6. The number of alkyl halides is 5. The van der Waals surface area contributed by atoms with Gasteiger partial charge in [-0.2, -0.15) is 31.3 Å². The highest BCUT2D eigenvalue weighted by Gasteiger charge is 2.50. The normalized spacial score (nSPS) is 16.0. The molecule has 0 N–H and O–H groups in total. The predicted molar refractivity (Wildman–Crippen MR) is 75.6 cm³/mol. The van der Waals surface area contributed by atoms with Crippen LogP contribution in [0, 0.1) is 5.95 Å². The molecule has 3 nitrogen and oxygen atoms in total. The molecular formula is C15H7F6NO2S. The van der Waals surface area contributed by atoms with Gasteiger partial charge in [-0.15, -0.1) is 0 Å². The molecule has 1 aliphatic rings. The van der Waals surface area contributed by atoms with Crippen molar-refractivity contribution in [3.63, 3.8) is 0 Å². The number of benzene rings is 1. The van der Waals surface area contributed by atoms with E-state index in [4.69, 9.17) is 4.74 Å². The maximum Gasteiger partial charge on any atom is 0.446 e. The average Bonchev–Trinajstić information content (AvgIpc) is 2.72. The molecule has 0 saturated heterocycles. The standard InChI is InChI=1S/C15H7F6NO2S/c16-10-2-1-3-11(22-10)24-8-4-5-9(25-15(19,20)21)12-7(8)6-14(17,18)13(12)23/h1-5H,6H2. The SMILES string of the molecule is O=C1c2c(SC(F)(F)F)ccc(Oc3cccc(F)n3)c2CC1(F)F. The number of ketones is 1. The molecule has 1 aromatic carbocycles. The highest BCUT2D eigenvalue weighted by molar-refractivity contribution is 8.00. The predicted octanol–water partition coefficient (Wildman–Crippen LogP) is 5.00. The first kappa shape index (κ1) is 17.6. The lowest BCUT2D eigenvalue weighted by Crippen LogP contribution is -2.24. The molecule has 1 aromatic heterocycles. The van der Waals surface area contributed by atoms with E-state index in [2.05, 4.69) is 4.98 Å². The summed E-state index contributed by atoms with van der Waals surface area (Å²) in [5.74, 6) is -6.98. The van der Waals surface area contributed by atoms with Gasteiger partial charge in [0.2, 0.25) is 17.6 Å². The number of nitrogens with zero attached hydrogens (tertiary/aromatic N) is 1. The van der Waals surface area contributed by atoms with Crippen LogP contribution in [0.3, 0.4) is 0 Å². The van der Waals surface area contributed by atoms with E-state index in [0.717, 1.165) is 18.2 Å². The van der Waals surface area contributed by atoms with Crippen LogP contribution < -0.4 is 4.74 Å². The third-order valence-electron chi connectivity index (χ3n) is 3.32. The van der Waals surface area contributed by atoms with Crippen molar-refractivity contribution < 1.29 is 35.9 Å². The van der Waals surface area contributed by atoms with Gasteiger partial charge < -0.3 is 4.74 Å². The molecule has 0 saturated carbocycles. The molecule has 0 spiro atoms. The second-order valence-electron chi connectivity index (χ2n) is 5.07. The maximum atomic E-state index is 13.8. The summed E-state index contributed by atoms with van der Waals surface area (Å²) >= 11 is -0.657. The summed E-state index contributed by atoms with van der Waals surface area (Å²) in [6.45, 7) is 0. The molecule has 2 aromatic rings. The third kappa shape index (κ3) is 3.58. The summed E-state index contributed by atoms with van der Waals surface area (Å²) in [4.78, 5) is 14.6. The molecular weight excluding hydrogens is 372 g/mol. The molecule has 0 bridgehead atoms. The van der Waals surface area contributed by atoms with Crippen molar-refractivity contribution in [2.24, 2.45) is 0 Å². The first-order valence-electron chi connectivity index (χ1n) is 6.71. The van der Waals surface area contributed by atoms with Gasteiger partial charge in [-0.05, 0) is 30.0 Å². The van der Waals surface area contributed by atoms with Crippen molar-refractivity contribution in [1.29, 1.82) is 0 Å². The van der Waals surface area contributed by atoms with E-state index in [1.165, 1.54) is 12.1 Å². The molecule has 0 fully saturated rings. The number of carbonyl (C=O) groups is 1. The van der Waals surface area contributed by atoms with Gasteiger partial charge in [0.1, 0.15) is 5.75 Å². The Bertz CT molecular complexity index is 852. The maximum absolute atomic E-state index is 13.8. The summed E-state index contributed by atoms with van der Waals surface area (Å²) in [5.41, 5.74) is -5.85. The Kier molecular flexibility index (Phi) is 4.18. The summed E-state index contributed by atoms with van der Waals surface area (Å²) in [6.07, 6.45) is -1.10. The van der Waals surface area contributed by atoms with E-state index in [-0.39, 0.29) is 17.2 Å². The molecule has 1 heterocycles. The number of carbonyl (C=O) groups excluding carboxylic acids is 1. The number of pyridine rings is 1. The van der Waals surface area contributed by atoms with Crippen LogP contribution in [0.1, 0.15) is 15.9 Å². The Morgan fingerprint density at radius 2 is 1.88 bits per heavy atom. The van der Waals surface area contributed by atoms with E-state index in [1.54, 1.807) is 0 Å². The second-order valence-corrected chi connectivity index (χ2v) is 6.18. The van der Waals surface area contributed by atoms with Gasteiger partial charge in [0.05, 0.1) is 0 Å². The highest BCUT2D eigenvalue weighted by atomic mass is 32.2. The zero-order valence-corrected chi connectivity index (χ0v) is 12.9. The topological polar surface area (TPSA) is 39.2 Å². The minimum atomic E-state index is -4.75. The highest BCUT2D eigenvalue weighted by Crippen LogP contribution is 2.47. The van der Waals surface area contributed by atoms with Crippen molar-refractivity contribution in [2.45, 2.75) is 22.7 Å². The quantitative estimate of drug-likeness (QED) is 0.428. The van der Waals surface area contributed by atoms with Crippen LogP contribution in [-0.4, -0.2) is 22.2 Å². The summed E-state index contributed by atoms with van der Waals surface area (Å²) in [6, 6.07) is 5.41. The minimum absolute atomic E-state index is 0.273. The zero-order valence-electron chi connectivity index (χ0n) is 12.0. The molecule has 0 atom stereocenters. The van der Waals surface area contributed by atoms with E-state index < -0.39 is 51.8 Å². The van der Waals surface area contributed by atoms with Crippen LogP contribution >= 0.6 is 11.8 Å². The number of rotatable bonds is 3. The largest absolute Gasteiger partial charge is 0.446 e. The van der Waals surface area contributed by atoms with Crippen LogP contribution in [-0.2, 0) is 6.42 Å². The molecule has 0 unspecified atom stereocenters. The van der Waals surface area contributed by atoms with Crippen molar-refractivity contribution in [3.05, 3.63) is 47.4 Å². The van der Waals surface area contributed by atoms with Gasteiger partial charge in [0.15, 0.2) is 0 Å². The van der Waals surface area contributed by atoms with Gasteiger partial charge in [0, 0.05) is 28.5 Å². The fraction of sp³-hybridized carbons (Fsp3) is 0.200. The van der Waals surface area contributed by atoms with Crippen LogP contribution in [0.15, 0.2) is 35.2 Å². The molecule has 1 aliphatic carbocycles. The van der Waals surface area contributed by atoms with Crippen LogP contribution in [0.25, 0.3) is 0 Å². The number of hydrogen-bond acceptors (Lipinski definition) is 4. The van der Waals surface area contributed by atoms with Gasteiger partial charge in [0.25, 0.3) is 0 Å². The Morgan fingerprint density at radius 3 is 2.52 bits per heavy atom. The molecule has 0 amide bonds. The molecule has 10 heteroatoms. The molecule has 132 valence electrons. The van der Waals surface area contributed by atoms with Gasteiger partial charge >= 0.3 is 11.4 Å². The van der Waals surface area contributed by atoms with Crippen molar-refractivity contribution in [3.8, 4) is 11.6 Å². The Labute approximate surface area is 141 Å². The minimum Gasteiger partial charge on any atom is -0.439 e. The lowest BCUT2D eigenvalue weighted by Gasteiger charge is -2.13. The third-order valence-corrected chi connectivity index (χ3v) is 4.11. The van der Waals surface area contributed by atoms with Crippen LogP contribution in [0.4, 0.5) is 26.3 Å². The first-order chi connectivity index (χ1) is 11.6. The second kappa shape index (κ2) is 5.94.